The van der Waals surface area contributed by atoms with Crippen molar-refractivity contribution in [2.24, 2.45) is 0 Å². The Labute approximate surface area is 145 Å². The molecule has 1 rings (SSSR count). The van der Waals surface area contributed by atoms with E-state index in [0.29, 0.717) is 5.56 Å². The number of carbonyl (C=O) groups excluding carboxylic acids is 1. The largest absolute Gasteiger partial charge is 0.465 e. The third-order valence-electron chi connectivity index (χ3n) is 3.65. The third kappa shape index (κ3) is 7.97. The zero-order valence-electron chi connectivity index (χ0n) is 15.1. The van der Waals surface area contributed by atoms with Crippen molar-refractivity contribution in [2.75, 3.05) is 12.4 Å². The van der Waals surface area contributed by atoms with E-state index in [1.807, 2.05) is 38.3 Å². The van der Waals surface area contributed by atoms with Crippen LogP contribution in [-0.4, -0.2) is 23.8 Å². The van der Waals surface area contributed by atoms with Crippen LogP contribution in [0.2, 0.25) is 0 Å². The SMILES string of the molecule is COC(=O)c1ccccc1N/C=C/C/C=C(\C)CCCC(C)(C)O. The van der Waals surface area contributed by atoms with Gasteiger partial charge in [-0.3, -0.25) is 0 Å². The molecule has 0 aromatic heterocycles. The summed E-state index contributed by atoms with van der Waals surface area (Å²) in [6.07, 6.45) is 9.63. The zero-order chi connectivity index (χ0) is 18.0. The quantitative estimate of drug-likeness (QED) is 0.510. The standard InChI is InChI=1S/C20H29NO3/c1-16(11-9-14-20(2,3)23)10-7-8-15-21-18-13-6-5-12-17(18)19(22)24-4/h5-6,8,10,12-13,15,21,23H,7,9,11,14H2,1-4H3/b15-8+,16-10+. The van der Waals surface area contributed by atoms with Crippen molar-refractivity contribution in [3.05, 3.63) is 53.8 Å². The molecule has 0 aliphatic rings. The van der Waals surface area contributed by atoms with Gasteiger partial charge in [-0.25, -0.2) is 4.79 Å². The van der Waals surface area contributed by atoms with Crippen LogP contribution in [0.15, 0.2) is 48.2 Å². The Morgan fingerprint density at radius 3 is 2.71 bits per heavy atom. The van der Waals surface area contributed by atoms with Gasteiger partial charge in [0.2, 0.25) is 0 Å². The van der Waals surface area contributed by atoms with Crippen molar-refractivity contribution in [1.82, 2.24) is 0 Å². The van der Waals surface area contributed by atoms with Crippen LogP contribution >= 0.6 is 0 Å². The Morgan fingerprint density at radius 1 is 1.33 bits per heavy atom. The fourth-order valence-corrected chi connectivity index (χ4v) is 2.28. The Hall–Kier alpha value is -2.07. The average molecular weight is 331 g/mol. The van der Waals surface area contributed by atoms with Gasteiger partial charge in [0.25, 0.3) is 0 Å². The first-order chi connectivity index (χ1) is 11.3. The number of methoxy groups -OCH3 is 1. The molecule has 4 nitrogen and oxygen atoms in total. The summed E-state index contributed by atoms with van der Waals surface area (Å²) >= 11 is 0. The van der Waals surface area contributed by atoms with Gasteiger partial charge in [0, 0.05) is 0 Å². The van der Waals surface area contributed by atoms with Crippen molar-refractivity contribution in [3.8, 4) is 0 Å². The molecule has 0 radical (unpaired) electrons. The number of nitrogens with one attached hydrogen (secondary N) is 1. The van der Waals surface area contributed by atoms with E-state index in [0.717, 1.165) is 31.4 Å². The number of hydrogen-bond donors (Lipinski definition) is 2. The molecule has 0 saturated carbocycles. The number of carbonyl (C=O) groups is 1. The Balaban J connectivity index is 2.43. The summed E-state index contributed by atoms with van der Waals surface area (Å²) in [4.78, 5) is 11.7. The third-order valence-corrected chi connectivity index (χ3v) is 3.65. The predicted octanol–water partition coefficient (Wildman–Crippen LogP) is 4.68. The van der Waals surface area contributed by atoms with E-state index < -0.39 is 5.60 Å². The molecule has 24 heavy (non-hydrogen) atoms. The normalized spacial score (nSPS) is 12.5. The van der Waals surface area contributed by atoms with E-state index in [4.69, 9.17) is 4.74 Å². The maximum Gasteiger partial charge on any atom is 0.339 e. The summed E-state index contributed by atoms with van der Waals surface area (Å²) in [6, 6.07) is 7.25. The summed E-state index contributed by atoms with van der Waals surface area (Å²) in [6.45, 7) is 5.79. The lowest BCUT2D eigenvalue weighted by Gasteiger charge is -2.16. The van der Waals surface area contributed by atoms with Gasteiger partial charge in [0.1, 0.15) is 0 Å². The number of ether oxygens (including phenoxy) is 1. The number of aliphatic hydroxyl groups is 1. The van der Waals surface area contributed by atoms with Crippen LogP contribution in [0.3, 0.4) is 0 Å². The smallest absolute Gasteiger partial charge is 0.339 e. The molecule has 2 N–H and O–H groups in total. The van der Waals surface area contributed by atoms with Crippen LogP contribution in [0.25, 0.3) is 0 Å². The topological polar surface area (TPSA) is 58.6 Å². The lowest BCUT2D eigenvalue weighted by molar-refractivity contribution is 0.0601. The minimum Gasteiger partial charge on any atom is -0.465 e. The van der Waals surface area contributed by atoms with Gasteiger partial charge in [-0.2, -0.15) is 0 Å². The summed E-state index contributed by atoms with van der Waals surface area (Å²) in [5, 5.41) is 12.8. The highest BCUT2D eigenvalue weighted by Gasteiger charge is 2.11. The van der Waals surface area contributed by atoms with E-state index in [2.05, 4.69) is 18.3 Å². The van der Waals surface area contributed by atoms with E-state index in [-0.39, 0.29) is 5.97 Å². The number of esters is 1. The predicted molar refractivity (Wildman–Crippen MR) is 99.1 cm³/mol. The highest BCUT2D eigenvalue weighted by atomic mass is 16.5. The summed E-state index contributed by atoms with van der Waals surface area (Å²) in [5.74, 6) is -0.353. The van der Waals surface area contributed by atoms with E-state index in [1.54, 1.807) is 12.1 Å². The first-order valence-corrected chi connectivity index (χ1v) is 8.30. The van der Waals surface area contributed by atoms with E-state index >= 15 is 0 Å². The summed E-state index contributed by atoms with van der Waals surface area (Å²) in [7, 11) is 1.38. The first kappa shape index (κ1) is 20.0. The fourth-order valence-electron chi connectivity index (χ4n) is 2.28. The maximum atomic E-state index is 11.7. The van der Waals surface area contributed by atoms with Crippen LogP contribution in [0.4, 0.5) is 5.69 Å². The minimum absolute atomic E-state index is 0.353. The molecule has 0 atom stereocenters. The zero-order valence-corrected chi connectivity index (χ0v) is 15.1. The maximum absolute atomic E-state index is 11.7. The molecule has 0 saturated heterocycles. The second-order valence-corrected chi connectivity index (χ2v) is 6.54. The Kier molecular flexibility index (Phi) is 8.27. The molecule has 132 valence electrons. The summed E-state index contributed by atoms with van der Waals surface area (Å²) in [5.41, 5.74) is 1.98. The monoisotopic (exact) mass is 331 g/mol. The van der Waals surface area contributed by atoms with E-state index in [9.17, 15) is 9.90 Å². The number of rotatable bonds is 9. The molecule has 0 fully saturated rings. The second-order valence-electron chi connectivity index (χ2n) is 6.54. The summed E-state index contributed by atoms with van der Waals surface area (Å²) < 4.78 is 4.77. The molecular weight excluding hydrogens is 302 g/mol. The van der Waals surface area contributed by atoms with Crippen LogP contribution in [0.1, 0.15) is 56.8 Å². The molecule has 0 aliphatic carbocycles. The van der Waals surface area contributed by atoms with Crippen molar-refractivity contribution in [2.45, 2.75) is 52.1 Å². The molecule has 0 spiro atoms. The fraction of sp³-hybridized carbons (Fsp3) is 0.450. The Morgan fingerprint density at radius 2 is 2.04 bits per heavy atom. The van der Waals surface area contributed by atoms with Gasteiger partial charge >= 0.3 is 5.97 Å². The van der Waals surface area contributed by atoms with Crippen molar-refractivity contribution in [1.29, 1.82) is 0 Å². The average Bonchev–Trinajstić information content (AvgIpc) is 2.53. The van der Waals surface area contributed by atoms with E-state index in [1.165, 1.54) is 12.7 Å². The molecule has 0 amide bonds. The lowest BCUT2D eigenvalue weighted by atomic mass is 9.99. The number of anilines is 1. The molecular formula is C20H29NO3. The van der Waals surface area contributed by atoms with Crippen molar-refractivity contribution >= 4 is 11.7 Å². The first-order valence-electron chi connectivity index (χ1n) is 8.30. The molecule has 0 aliphatic heterocycles. The molecule has 0 heterocycles. The van der Waals surface area contributed by atoms with Crippen LogP contribution < -0.4 is 5.32 Å². The number of benzene rings is 1. The highest BCUT2D eigenvalue weighted by Crippen LogP contribution is 2.17. The molecule has 0 bridgehead atoms. The number of para-hydroxylation sites is 1. The van der Waals surface area contributed by atoms with Crippen molar-refractivity contribution in [3.63, 3.8) is 0 Å². The van der Waals surface area contributed by atoms with Gasteiger partial charge in [-0.05, 0) is 64.8 Å². The molecule has 0 unspecified atom stereocenters. The number of hydrogen-bond acceptors (Lipinski definition) is 4. The van der Waals surface area contributed by atoms with Gasteiger partial charge in [0.15, 0.2) is 0 Å². The number of allylic oxidation sites excluding steroid dienone is 3. The van der Waals surface area contributed by atoms with Crippen molar-refractivity contribution < 1.29 is 14.6 Å². The molecule has 1 aromatic carbocycles. The van der Waals surface area contributed by atoms with Gasteiger partial charge in [0.05, 0.1) is 24.0 Å². The minimum atomic E-state index is -0.586. The van der Waals surface area contributed by atoms with Gasteiger partial charge in [-0.15, -0.1) is 0 Å². The van der Waals surface area contributed by atoms with Crippen LogP contribution in [-0.2, 0) is 4.74 Å². The highest BCUT2D eigenvalue weighted by molar-refractivity contribution is 5.95. The van der Waals surface area contributed by atoms with Gasteiger partial charge < -0.3 is 15.2 Å². The molecule has 1 aromatic rings. The second kappa shape index (κ2) is 9.93. The lowest BCUT2D eigenvalue weighted by Crippen LogP contribution is -2.17. The van der Waals surface area contributed by atoms with Crippen LogP contribution in [0, 0.1) is 0 Å². The van der Waals surface area contributed by atoms with Gasteiger partial charge in [-0.1, -0.05) is 29.9 Å². The van der Waals surface area contributed by atoms with Crippen LogP contribution in [0.5, 0.6) is 0 Å². The molecule has 4 heteroatoms. The Bertz CT molecular complexity index is 583.